The summed E-state index contributed by atoms with van der Waals surface area (Å²) in [5.74, 6) is 1.40. The Kier molecular flexibility index (Phi) is 10.3. The van der Waals surface area contributed by atoms with Gasteiger partial charge in [-0.1, -0.05) is 78.1 Å². The SMILES string of the molecule is COc1ccc(COc2cc(N3CCOCC3)cc(-c3cccc4c3Sc3ccc(NC5CN(OCc6ccccc6)C[C@H]5O)cc3S4)n2)cc1. The van der Waals surface area contributed by atoms with Crippen molar-refractivity contribution in [1.29, 1.82) is 0 Å². The molecular formula is C40H40N4O5S2. The first-order valence-corrected chi connectivity index (χ1v) is 18.8. The Bertz CT molecular complexity index is 1960. The highest BCUT2D eigenvalue weighted by Gasteiger charge is 2.32. The molecule has 1 unspecified atom stereocenters. The van der Waals surface area contributed by atoms with Crippen LogP contribution in [-0.4, -0.2) is 73.8 Å². The molecule has 262 valence electrons. The van der Waals surface area contributed by atoms with Gasteiger partial charge in [0, 0.05) is 62.2 Å². The molecule has 3 aliphatic rings. The Morgan fingerprint density at radius 1 is 0.824 bits per heavy atom. The van der Waals surface area contributed by atoms with E-state index in [0.29, 0.717) is 45.4 Å². The van der Waals surface area contributed by atoms with Gasteiger partial charge in [0.25, 0.3) is 0 Å². The largest absolute Gasteiger partial charge is 0.497 e. The van der Waals surface area contributed by atoms with Crippen molar-refractivity contribution < 1.29 is 24.2 Å². The first kappa shape index (κ1) is 33.9. The molecule has 11 heteroatoms. The number of ether oxygens (including phenoxy) is 3. The van der Waals surface area contributed by atoms with Crippen LogP contribution in [0, 0.1) is 0 Å². The fourth-order valence-corrected chi connectivity index (χ4v) is 8.84. The minimum atomic E-state index is -0.534. The maximum atomic E-state index is 10.8. The molecule has 4 aromatic carbocycles. The van der Waals surface area contributed by atoms with E-state index in [2.05, 4.69) is 52.7 Å². The van der Waals surface area contributed by atoms with E-state index >= 15 is 0 Å². The number of hydrogen-bond acceptors (Lipinski definition) is 11. The lowest BCUT2D eigenvalue weighted by molar-refractivity contribution is -0.158. The lowest BCUT2D eigenvalue weighted by atomic mass is 10.1. The topological polar surface area (TPSA) is 88.6 Å². The molecule has 2 N–H and O–H groups in total. The summed E-state index contributed by atoms with van der Waals surface area (Å²) >= 11 is 3.53. The van der Waals surface area contributed by atoms with Crippen LogP contribution in [0.5, 0.6) is 11.6 Å². The Labute approximate surface area is 306 Å². The molecule has 1 aromatic heterocycles. The lowest BCUT2D eigenvalue weighted by Gasteiger charge is -2.29. The number of pyridine rings is 1. The van der Waals surface area contributed by atoms with E-state index in [1.54, 1.807) is 30.6 Å². The zero-order chi connectivity index (χ0) is 34.6. The number of methoxy groups -OCH3 is 1. The number of β-amino-alcohol motifs (C(OH)–C–C–N with tert-alkyl or cyclic N) is 1. The second kappa shape index (κ2) is 15.6. The van der Waals surface area contributed by atoms with Crippen LogP contribution < -0.4 is 19.7 Å². The van der Waals surface area contributed by atoms with Gasteiger partial charge in [0.15, 0.2) is 0 Å². The van der Waals surface area contributed by atoms with Crippen molar-refractivity contribution in [2.75, 3.05) is 56.7 Å². The molecule has 2 atom stereocenters. The van der Waals surface area contributed by atoms with Crippen LogP contribution in [-0.2, 0) is 22.8 Å². The van der Waals surface area contributed by atoms with Crippen LogP contribution in [0.3, 0.4) is 0 Å². The highest BCUT2D eigenvalue weighted by molar-refractivity contribution is 8.05. The van der Waals surface area contributed by atoms with Crippen LogP contribution in [0.4, 0.5) is 11.4 Å². The third kappa shape index (κ3) is 7.99. The van der Waals surface area contributed by atoms with Crippen LogP contribution in [0.2, 0.25) is 0 Å². The molecule has 0 spiro atoms. The maximum Gasteiger partial charge on any atom is 0.216 e. The number of aromatic nitrogens is 1. The summed E-state index contributed by atoms with van der Waals surface area (Å²) in [7, 11) is 1.67. The second-order valence-electron chi connectivity index (χ2n) is 12.7. The zero-order valence-corrected chi connectivity index (χ0v) is 30.0. The fourth-order valence-electron chi connectivity index (χ4n) is 6.43. The third-order valence-electron chi connectivity index (χ3n) is 9.20. The van der Waals surface area contributed by atoms with Crippen molar-refractivity contribution in [2.24, 2.45) is 0 Å². The van der Waals surface area contributed by atoms with Gasteiger partial charge >= 0.3 is 0 Å². The number of rotatable bonds is 11. The molecule has 3 aliphatic heterocycles. The molecule has 5 aromatic rings. The molecule has 51 heavy (non-hydrogen) atoms. The van der Waals surface area contributed by atoms with Crippen molar-refractivity contribution >= 4 is 34.9 Å². The molecule has 2 saturated heterocycles. The third-order valence-corrected chi connectivity index (χ3v) is 11.8. The number of nitrogens with zero attached hydrogens (tertiary/aromatic N) is 3. The Morgan fingerprint density at radius 3 is 2.47 bits per heavy atom. The highest BCUT2D eigenvalue weighted by Crippen LogP contribution is 2.52. The minimum Gasteiger partial charge on any atom is -0.497 e. The number of aliphatic hydroxyl groups excluding tert-OH is 1. The average molecular weight is 721 g/mol. The van der Waals surface area contributed by atoms with E-state index in [1.807, 2.05) is 65.7 Å². The molecule has 4 heterocycles. The number of aliphatic hydroxyl groups is 1. The van der Waals surface area contributed by atoms with E-state index in [1.165, 1.54) is 19.6 Å². The van der Waals surface area contributed by atoms with Crippen LogP contribution >= 0.6 is 23.5 Å². The van der Waals surface area contributed by atoms with E-state index in [0.717, 1.165) is 52.6 Å². The van der Waals surface area contributed by atoms with E-state index in [9.17, 15) is 5.11 Å². The summed E-state index contributed by atoms with van der Waals surface area (Å²) in [5, 5.41) is 16.3. The van der Waals surface area contributed by atoms with Crippen molar-refractivity contribution in [1.82, 2.24) is 10.0 Å². The van der Waals surface area contributed by atoms with Crippen molar-refractivity contribution in [3.63, 3.8) is 0 Å². The van der Waals surface area contributed by atoms with Gasteiger partial charge in [-0.3, -0.25) is 4.84 Å². The summed E-state index contributed by atoms with van der Waals surface area (Å²) < 4.78 is 17.3. The number of hydroxylamine groups is 2. The van der Waals surface area contributed by atoms with Gasteiger partial charge in [-0.15, -0.1) is 0 Å². The van der Waals surface area contributed by atoms with Crippen molar-refractivity contribution in [3.8, 4) is 22.9 Å². The van der Waals surface area contributed by atoms with Gasteiger partial charge in [0.2, 0.25) is 5.88 Å². The number of benzene rings is 4. The van der Waals surface area contributed by atoms with Gasteiger partial charge in [-0.2, -0.15) is 5.06 Å². The van der Waals surface area contributed by atoms with Crippen molar-refractivity contribution in [3.05, 3.63) is 114 Å². The molecule has 0 aliphatic carbocycles. The smallest absolute Gasteiger partial charge is 0.216 e. The predicted molar refractivity (Wildman–Crippen MR) is 201 cm³/mol. The summed E-state index contributed by atoms with van der Waals surface area (Å²) in [4.78, 5) is 18.1. The highest BCUT2D eigenvalue weighted by atomic mass is 32.2. The Balaban J connectivity index is 0.993. The fraction of sp³-hybridized carbons (Fsp3) is 0.275. The van der Waals surface area contributed by atoms with E-state index < -0.39 is 6.10 Å². The van der Waals surface area contributed by atoms with Gasteiger partial charge in [-0.25, -0.2) is 4.98 Å². The summed E-state index contributed by atoms with van der Waals surface area (Å²) in [5.41, 5.74) is 6.16. The molecular weight excluding hydrogens is 681 g/mol. The van der Waals surface area contributed by atoms with Crippen molar-refractivity contribution in [2.45, 2.75) is 44.9 Å². The molecule has 0 saturated carbocycles. The van der Waals surface area contributed by atoms with E-state index in [-0.39, 0.29) is 6.04 Å². The monoisotopic (exact) mass is 720 g/mol. The van der Waals surface area contributed by atoms with Crippen LogP contribution in [0.25, 0.3) is 11.3 Å². The normalized spacial score (nSPS) is 18.6. The number of fused-ring (bicyclic) bond motifs is 2. The second-order valence-corrected chi connectivity index (χ2v) is 14.8. The molecule has 8 rings (SSSR count). The number of hydrogen-bond donors (Lipinski definition) is 2. The average Bonchev–Trinajstić information content (AvgIpc) is 3.54. The molecule has 0 bridgehead atoms. The standard InChI is InChI=1S/C40H40N4O5S2/c1-46-31-13-10-28(11-14-31)25-48-39-22-30(43-16-18-47-19-17-43)21-33(42-39)32-8-5-9-37-40(32)51-36-15-12-29(20-38(36)50-37)41-34-23-44(24-35(34)45)49-26-27-6-3-2-4-7-27/h2-15,20-22,34-35,41,45H,16-19,23-26H2,1H3/t34?,35-/m1/s1. The molecule has 0 amide bonds. The zero-order valence-electron chi connectivity index (χ0n) is 28.4. The maximum absolute atomic E-state index is 10.8. The summed E-state index contributed by atoms with van der Waals surface area (Å²) in [6, 6.07) is 35.0. The molecule has 0 radical (unpaired) electrons. The predicted octanol–water partition coefficient (Wildman–Crippen LogP) is 7.38. The molecule has 2 fully saturated rings. The van der Waals surface area contributed by atoms with Gasteiger partial charge < -0.3 is 29.5 Å². The van der Waals surface area contributed by atoms with Gasteiger partial charge in [-0.05, 0) is 53.6 Å². The Hall–Kier alpha value is -4.23. The van der Waals surface area contributed by atoms with Gasteiger partial charge in [0.05, 0.1) is 51.3 Å². The van der Waals surface area contributed by atoms with E-state index in [4.69, 9.17) is 24.0 Å². The van der Waals surface area contributed by atoms with Crippen LogP contribution in [0.15, 0.2) is 123 Å². The number of nitrogens with one attached hydrogen (secondary N) is 1. The number of morpholine rings is 1. The lowest BCUT2D eigenvalue weighted by Crippen LogP contribution is -2.36. The van der Waals surface area contributed by atoms with Gasteiger partial charge in [0.1, 0.15) is 12.4 Å². The summed E-state index contributed by atoms with van der Waals surface area (Å²) in [6.07, 6.45) is -0.534. The quantitative estimate of drug-likeness (QED) is 0.141. The number of anilines is 2. The first-order chi connectivity index (χ1) is 25.1. The molecule has 9 nitrogen and oxygen atoms in total. The minimum absolute atomic E-state index is 0.134. The van der Waals surface area contributed by atoms with Crippen LogP contribution in [0.1, 0.15) is 11.1 Å². The first-order valence-electron chi connectivity index (χ1n) is 17.2. The summed E-state index contributed by atoms with van der Waals surface area (Å²) in [6.45, 7) is 4.98. The Morgan fingerprint density at radius 2 is 1.65 bits per heavy atom.